The van der Waals surface area contributed by atoms with Crippen LogP contribution in [0.3, 0.4) is 0 Å². The van der Waals surface area contributed by atoms with E-state index < -0.39 is 16.8 Å². The predicted octanol–water partition coefficient (Wildman–Crippen LogP) is 3.48. The third kappa shape index (κ3) is 2.94. The van der Waals surface area contributed by atoms with Crippen LogP contribution in [-0.4, -0.2) is 27.0 Å². The zero-order chi connectivity index (χ0) is 14.4. The van der Waals surface area contributed by atoms with Crippen molar-refractivity contribution in [3.63, 3.8) is 0 Å². The number of aromatic hydroxyl groups is 1. The van der Waals surface area contributed by atoms with Gasteiger partial charge in [-0.05, 0) is 63.4 Å². The summed E-state index contributed by atoms with van der Waals surface area (Å²) in [6.45, 7) is 3.82. The first-order valence-corrected chi connectivity index (χ1v) is 8.03. The van der Waals surface area contributed by atoms with Crippen LogP contribution in [0.5, 0.6) is 5.75 Å². The fourth-order valence-corrected chi connectivity index (χ4v) is 4.64. The number of hydrogen-bond acceptors (Lipinski definition) is 4. The molecule has 19 heavy (non-hydrogen) atoms. The number of halogens is 2. The molecule has 1 aromatic carbocycles. The van der Waals surface area contributed by atoms with Gasteiger partial charge in [0.25, 0.3) is 0 Å². The van der Waals surface area contributed by atoms with Crippen LogP contribution in [0.4, 0.5) is 0 Å². The van der Waals surface area contributed by atoms with E-state index in [0.717, 1.165) is 5.56 Å². The number of carboxylic acid groups (broad SMARTS) is 1. The third-order valence-electron chi connectivity index (χ3n) is 3.02. The number of nitrogens with one attached hydrogen (secondary N) is 1. The normalized spacial score (nSPS) is 25.5. The van der Waals surface area contributed by atoms with E-state index in [9.17, 15) is 15.0 Å². The van der Waals surface area contributed by atoms with E-state index in [1.54, 1.807) is 23.9 Å². The Bertz CT molecular complexity index is 513. The van der Waals surface area contributed by atoms with E-state index in [2.05, 4.69) is 37.2 Å². The van der Waals surface area contributed by atoms with Crippen molar-refractivity contribution in [2.45, 2.75) is 30.0 Å². The molecule has 1 saturated heterocycles. The lowest BCUT2D eigenvalue weighted by Crippen LogP contribution is -2.43. The minimum absolute atomic E-state index is 0.121. The zero-order valence-corrected chi connectivity index (χ0v) is 14.3. The summed E-state index contributed by atoms with van der Waals surface area (Å²) in [7, 11) is 0. The van der Waals surface area contributed by atoms with Gasteiger partial charge in [-0.1, -0.05) is 0 Å². The molecule has 0 aliphatic carbocycles. The number of aliphatic carboxylic acids is 1. The first-order chi connectivity index (χ1) is 8.72. The molecule has 1 fully saturated rings. The van der Waals surface area contributed by atoms with E-state index in [1.165, 1.54) is 0 Å². The van der Waals surface area contributed by atoms with E-state index in [1.807, 2.05) is 13.8 Å². The molecule has 0 amide bonds. The van der Waals surface area contributed by atoms with Crippen LogP contribution in [0.1, 0.15) is 24.8 Å². The Morgan fingerprint density at radius 2 is 1.89 bits per heavy atom. The monoisotopic (exact) mass is 409 g/mol. The number of rotatable bonds is 2. The summed E-state index contributed by atoms with van der Waals surface area (Å²) < 4.78 is 0.763. The van der Waals surface area contributed by atoms with Gasteiger partial charge in [-0.15, -0.1) is 11.8 Å². The van der Waals surface area contributed by atoms with Gasteiger partial charge < -0.3 is 10.2 Å². The van der Waals surface area contributed by atoms with Crippen LogP contribution in [0, 0.1) is 0 Å². The molecule has 0 saturated carbocycles. The second-order valence-corrected chi connectivity index (χ2v) is 8.34. The molecular formula is C12H13Br2NO3S. The van der Waals surface area contributed by atoms with E-state index >= 15 is 0 Å². The Balaban J connectivity index is 2.33. The quantitative estimate of drug-likeness (QED) is 0.696. The highest BCUT2D eigenvalue weighted by Gasteiger charge is 2.45. The molecule has 1 aliphatic rings. The lowest BCUT2D eigenvalue weighted by Gasteiger charge is -2.20. The summed E-state index contributed by atoms with van der Waals surface area (Å²) >= 11 is 8.13. The maximum Gasteiger partial charge on any atom is 0.322 e. The third-order valence-corrected chi connectivity index (χ3v) is 5.72. The van der Waals surface area contributed by atoms with Crippen molar-refractivity contribution in [1.82, 2.24) is 5.32 Å². The summed E-state index contributed by atoms with van der Waals surface area (Å²) in [6.07, 6.45) is 0. The summed E-state index contributed by atoms with van der Waals surface area (Å²) in [5, 5.41) is 21.9. The van der Waals surface area contributed by atoms with Crippen LogP contribution in [-0.2, 0) is 4.79 Å². The number of carbonyl (C=O) groups is 1. The average molecular weight is 411 g/mol. The van der Waals surface area contributed by atoms with E-state index in [-0.39, 0.29) is 11.1 Å². The van der Waals surface area contributed by atoms with Crippen LogP contribution in [0.25, 0.3) is 0 Å². The standard InChI is InChI=1S/C12H13Br2NO3S/c1-12(2)9(11(17)18)15-10(19-12)5-3-6(13)8(16)7(14)4-5/h3-4,9-10,15-16H,1-2H3,(H,17,18). The van der Waals surface area contributed by atoms with Crippen LogP contribution >= 0.6 is 43.6 Å². The van der Waals surface area contributed by atoms with Crippen molar-refractivity contribution in [1.29, 1.82) is 0 Å². The van der Waals surface area contributed by atoms with E-state index in [0.29, 0.717) is 8.95 Å². The molecular weight excluding hydrogens is 398 g/mol. The molecule has 1 aromatic rings. The van der Waals surface area contributed by atoms with Gasteiger partial charge in [0, 0.05) is 4.75 Å². The summed E-state index contributed by atoms with van der Waals surface area (Å²) in [6, 6.07) is 2.99. The number of phenolic OH excluding ortho intramolecular Hbond substituents is 1. The minimum atomic E-state index is -0.850. The van der Waals surface area contributed by atoms with Gasteiger partial charge in [-0.3, -0.25) is 10.1 Å². The Morgan fingerprint density at radius 3 is 2.32 bits per heavy atom. The molecule has 104 valence electrons. The maximum atomic E-state index is 11.2. The molecule has 2 rings (SSSR count). The average Bonchev–Trinajstić information content (AvgIpc) is 2.61. The molecule has 1 aliphatic heterocycles. The molecule has 1 heterocycles. The summed E-state index contributed by atoms with van der Waals surface area (Å²) in [4.78, 5) is 11.2. The van der Waals surface area contributed by atoms with Crippen molar-refractivity contribution >= 4 is 49.6 Å². The minimum Gasteiger partial charge on any atom is -0.506 e. The van der Waals surface area contributed by atoms with Crippen molar-refractivity contribution in [2.24, 2.45) is 0 Å². The molecule has 2 atom stereocenters. The highest BCUT2D eigenvalue weighted by molar-refractivity contribution is 9.11. The molecule has 4 nitrogen and oxygen atoms in total. The van der Waals surface area contributed by atoms with Gasteiger partial charge in [0.15, 0.2) is 0 Å². The van der Waals surface area contributed by atoms with Gasteiger partial charge in [0.2, 0.25) is 0 Å². The van der Waals surface area contributed by atoms with Crippen LogP contribution < -0.4 is 5.32 Å². The highest BCUT2D eigenvalue weighted by Crippen LogP contribution is 2.47. The Hall–Kier alpha value is -0.240. The van der Waals surface area contributed by atoms with Gasteiger partial charge in [-0.2, -0.15) is 0 Å². The fourth-order valence-electron chi connectivity index (χ4n) is 2.03. The smallest absolute Gasteiger partial charge is 0.322 e. The predicted molar refractivity (Wildman–Crippen MR) is 82.5 cm³/mol. The Kier molecular flexibility index (Phi) is 4.21. The zero-order valence-electron chi connectivity index (χ0n) is 10.3. The first kappa shape index (κ1) is 15.2. The van der Waals surface area contributed by atoms with Crippen molar-refractivity contribution in [3.8, 4) is 5.75 Å². The van der Waals surface area contributed by atoms with E-state index in [4.69, 9.17) is 0 Å². The first-order valence-electron chi connectivity index (χ1n) is 5.57. The molecule has 0 bridgehead atoms. The highest BCUT2D eigenvalue weighted by atomic mass is 79.9. The SMILES string of the molecule is CC1(C)SC(c2cc(Br)c(O)c(Br)c2)NC1C(=O)O. The van der Waals surface area contributed by atoms with Gasteiger partial charge >= 0.3 is 5.97 Å². The molecule has 0 spiro atoms. The summed E-state index contributed by atoms with van der Waals surface area (Å²) in [5.74, 6) is -0.710. The molecule has 0 aromatic heterocycles. The van der Waals surface area contributed by atoms with Crippen molar-refractivity contribution in [3.05, 3.63) is 26.6 Å². The van der Waals surface area contributed by atoms with Gasteiger partial charge in [-0.25, -0.2) is 0 Å². The lowest BCUT2D eigenvalue weighted by atomic mass is 10.0. The second-order valence-electron chi connectivity index (χ2n) is 4.87. The lowest BCUT2D eigenvalue weighted by molar-refractivity contribution is -0.139. The number of hydrogen-bond donors (Lipinski definition) is 3. The number of benzene rings is 1. The molecule has 0 radical (unpaired) electrons. The van der Waals surface area contributed by atoms with Crippen molar-refractivity contribution < 1.29 is 15.0 Å². The topological polar surface area (TPSA) is 69.6 Å². The molecule has 3 N–H and O–H groups in total. The largest absolute Gasteiger partial charge is 0.506 e. The van der Waals surface area contributed by atoms with Crippen LogP contribution in [0.2, 0.25) is 0 Å². The Labute approximate surface area is 132 Å². The summed E-state index contributed by atoms with van der Waals surface area (Å²) in [5.41, 5.74) is 0.915. The van der Waals surface area contributed by atoms with Crippen molar-refractivity contribution in [2.75, 3.05) is 0 Å². The Morgan fingerprint density at radius 1 is 1.37 bits per heavy atom. The second kappa shape index (κ2) is 5.27. The molecule has 2 unspecified atom stereocenters. The maximum absolute atomic E-state index is 11.2. The number of carboxylic acids is 1. The van der Waals surface area contributed by atoms with Gasteiger partial charge in [0.1, 0.15) is 11.8 Å². The number of thioether (sulfide) groups is 1. The van der Waals surface area contributed by atoms with Gasteiger partial charge in [0.05, 0.1) is 14.3 Å². The number of phenols is 1. The molecule has 7 heteroatoms. The fraction of sp³-hybridized carbons (Fsp3) is 0.417. The van der Waals surface area contributed by atoms with Crippen LogP contribution in [0.15, 0.2) is 21.1 Å².